The second-order valence-corrected chi connectivity index (χ2v) is 3.37. The van der Waals surface area contributed by atoms with Crippen LogP contribution >= 0.6 is 0 Å². The third-order valence-electron chi connectivity index (χ3n) is 2.48. The van der Waals surface area contributed by atoms with Crippen LogP contribution < -0.4 is 0 Å². The molecule has 2 heteroatoms. The summed E-state index contributed by atoms with van der Waals surface area (Å²) in [5.41, 5.74) is 2.74. The molecule has 0 unspecified atom stereocenters. The number of methoxy groups -OCH3 is 1. The van der Waals surface area contributed by atoms with Gasteiger partial charge in [0.1, 0.15) is 0 Å². The van der Waals surface area contributed by atoms with E-state index in [1.54, 1.807) is 13.4 Å². The summed E-state index contributed by atoms with van der Waals surface area (Å²) in [4.78, 5) is 11.9. The number of carbonyl (C=O) groups is 1. The van der Waals surface area contributed by atoms with Gasteiger partial charge in [0, 0.05) is 11.1 Å². The third-order valence-corrected chi connectivity index (χ3v) is 2.48. The number of allylic oxidation sites excluding steroid dienone is 1. The van der Waals surface area contributed by atoms with Gasteiger partial charge in [-0.3, -0.25) is 4.79 Å². The SMILES string of the molecule is CO/C=C1/CCc2ccccc2C1=O. The van der Waals surface area contributed by atoms with Gasteiger partial charge in [0.25, 0.3) is 0 Å². The largest absolute Gasteiger partial charge is 0.504 e. The van der Waals surface area contributed by atoms with E-state index in [1.807, 2.05) is 24.3 Å². The highest BCUT2D eigenvalue weighted by atomic mass is 16.5. The van der Waals surface area contributed by atoms with E-state index in [1.165, 1.54) is 0 Å². The topological polar surface area (TPSA) is 26.3 Å². The average molecular weight is 188 g/mol. The number of rotatable bonds is 1. The van der Waals surface area contributed by atoms with Gasteiger partial charge < -0.3 is 4.74 Å². The lowest BCUT2D eigenvalue weighted by Gasteiger charge is -2.16. The van der Waals surface area contributed by atoms with Gasteiger partial charge in [-0.2, -0.15) is 0 Å². The molecule has 0 aromatic heterocycles. The van der Waals surface area contributed by atoms with Crippen molar-refractivity contribution in [2.24, 2.45) is 0 Å². The van der Waals surface area contributed by atoms with Crippen LogP contribution in [0.3, 0.4) is 0 Å². The molecule has 0 saturated carbocycles. The van der Waals surface area contributed by atoms with Crippen LogP contribution in [0.4, 0.5) is 0 Å². The molecule has 72 valence electrons. The summed E-state index contributed by atoms with van der Waals surface area (Å²) in [5, 5.41) is 0. The fourth-order valence-electron chi connectivity index (χ4n) is 1.77. The van der Waals surface area contributed by atoms with Crippen molar-refractivity contribution in [3.8, 4) is 0 Å². The zero-order chi connectivity index (χ0) is 9.97. The Bertz CT molecular complexity index is 391. The number of Topliss-reactive ketones (excluding diaryl/α,β-unsaturated/α-hetero) is 1. The number of hydrogen-bond donors (Lipinski definition) is 0. The van der Waals surface area contributed by atoms with E-state index < -0.39 is 0 Å². The minimum atomic E-state index is 0.105. The summed E-state index contributed by atoms with van der Waals surface area (Å²) in [7, 11) is 1.57. The highest BCUT2D eigenvalue weighted by Crippen LogP contribution is 2.24. The Morgan fingerprint density at radius 2 is 2.07 bits per heavy atom. The Morgan fingerprint density at radius 3 is 2.86 bits per heavy atom. The quantitative estimate of drug-likeness (QED) is 0.499. The molecule has 14 heavy (non-hydrogen) atoms. The fraction of sp³-hybridized carbons (Fsp3) is 0.250. The Morgan fingerprint density at radius 1 is 1.29 bits per heavy atom. The number of hydrogen-bond acceptors (Lipinski definition) is 2. The highest BCUT2D eigenvalue weighted by Gasteiger charge is 2.21. The number of fused-ring (bicyclic) bond motifs is 1. The van der Waals surface area contributed by atoms with E-state index >= 15 is 0 Å². The molecule has 2 rings (SSSR count). The van der Waals surface area contributed by atoms with Crippen molar-refractivity contribution in [3.05, 3.63) is 47.2 Å². The summed E-state index contributed by atoms with van der Waals surface area (Å²) in [6.07, 6.45) is 3.26. The molecule has 0 saturated heterocycles. The van der Waals surface area contributed by atoms with Crippen LogP contribution in [0.5, 0.6) is 0 Å². The van der Waals surface area contributed by atoms with Crippen molar-refractivity contribution >= 4 is 5.78 Å². The van der Waals surface area contributed by atoms with Crippen molar-refractivity contribution in [1.29, 1.82) is 0 Å². The number of ketones is 1. The monoisotopic (exact) mass is 188 g/mol. The van der Waals surface area contributed by atoms with E-state index in [0.717, 1.165) is 29.5 Å². The Hall–Kier alpha value is -1.57. The van der Waals surface area contributed by atoms with Gasteiger partial charge >= 0.3 is 0 Å². The first-order valence-corrected chi connectivity index (χ1v) is 4.67. The van der Waals surface area contributed by atoms with Crippen LogP contribution in [0.25, 0.3) is 0 Å². The number of benzene rings is 1. The maximum absolute atomic E-state index is 11.9. The lowest BCUT2D eigenvalue weighted by Crippen LogP contribution is -2.14. The van der Waals surface area contributed by atoms with Crippen LogP contribution in [0.2, 0.25) is 0 Å². The second-order valence-electron chi connectivity index (χ2n) is 3.37. The Kier molecular flexibility index (Phi) is 2.35. The second kappa shape index (κ2) is 3.66. The lowest BCUT2D eigenvalue weighted by molar-refractivity contribution is 0.102. The number of aryl methyl sites for hydroxylation is 1. The molecule has 1 aromatic rings. The van der Waals surface area contributed by atoms with Crippen LogP contribution in [0.15, 0.2) is 36.1 Å². The first-order chi connectivity index (χ1) is 6.83. The molecular formula is C12H12O2. The minimum Gasteiger partial charge on any atom is -0.504 e. The van der Waals surface area contributed by atoms with E-state index in [9.17, 15) is 4.79 Å². The van der Waals surface area contributed by atoms with Gasteiger partial charge in [0.2, 0.25) is 0 Å². The van der Waals surface area contributed by atoms with E-state index in [-0.39, 0.29) is 5.78 Å². The van der Waals surface area contributed by atoms with Crippen LogP contribution in [0, 0.1) is 0 Å². The molecule has 2 nitrogen and oxygen atoms in total. The zero-order valence-electron chi connectivity index (χ0n) is 8.12. The minimum absolute atomic E-state index is 0.105. The molecule has 0 aliphatic heterocycles. The third kappa shape index (κ3) is 1.43. The van der Waals surface area contributed by atoms with Gasteiger partial charge in [-0.05, 0) is 18.4 Å². The van der Waals surface area contributed by atoms with Crippen molar-refractivity contribution < 1.29 is 9.53 Å². The lowest BCUT2D eigenvalue weighted by atomic mass is 9.88. The Balaban J connectivity index is 2.41. The molecular weight excluding hydrogens is 176 g/mol. The van der Waals surface area contributed by atoms with Gasteiger partial charge in [0.15, 0.2) is 5.78 Å². The van der Waals surface area contributed by atoms with E-state index in [4.69, 9.17) is 4.74 Å². The smallest absolute Gasteiger partial charge is 0.192 e. The van der Waals surface area contributed by atoms with Crippen molar-refractivity contribution in [2.45, 2.75) is 12.8 Å². The van der Waals surface area contributed by atoms with Gasteiger partial charge in [-0.1, -0.05) is 24.3 Å². The van der Waals surface area contributed by atoms with Crippen LogP contribution in [0.1, 0.15) is 22.3 Å². The molecule has 1 aromatic carbocycles. The molecule has 1 aliphatic carbocycles. The average Bonchev–Trinajstić information content (AvgIpc) is 2.23. The first kappa shape index (κ1) is 9.00. The zero-order valence-corrected chi connectivity index (χ0v) is 8.12. The maximum atomic E-state index is 11.9. The molecule has 0 spiro atoms. The first-order valence-electron chi connectivity index (χ1n) is 4.67. The van der Waals surface area contributed by atoms with Gasteiger partial charge in [0.05, 0.1) is 13.4 Å². The number of ether oxygens (including phenoxy) is 1. The summed E-state index contributed by atoms with van der Waals surface area (Å²) in [6, 6.07) is 7.75. The summed E-state index contributed by atoms with van der Waals surface area (Å²) < 4.78 is 4.88. The normalized spacial score (nSPS) is 18.1. The predicted molar refractivity (Wildman–Crippen MR) is 54.2 cm³/mol. The fourth-order valence-corrected chi connectivity index (χ4v) is 1.77. The molecule has 0 atom stereocenters. The van der Waals surface area contributed by atoms with Crippen LogP contribution in [-0.2, 0) is 11.2 Å². The Labute approximate surface area is 83.2 Å². The molecule has 1 aliphatic rings. The molecule has 0 bridgehead atoms. The summed E-state index contributed by atoms with van der Waals surface area (Å²) in [5.74, 6) is 0.105. The molecule has 0 amide bonds. The van der Waals surface area contributed by atoms with Crippen molar-refractivity contribution in [1.82, 2.24) is 0 Å². The summed E-state index contributed by atoms with van der Waals surface area (Å²) >= 11 is 0. The van der Waals surface area contributed by atoms with E-state index in [0.29, 0.717) is 0 Å². The van der Waals surface area contributed by atoms with Crippen molar-refractivity contribution in [2.75, 3.05) is 7.11 Å². The van der Waals surface area contributed by atoms with E-state index in [2.05, 4.69) is 0 Å². The van der Waals surface area contributed by atoms with Gasteiger partial charge in [-0.25, -0.2) is 0 Å². The molecule has 0 N–H and O–H groups in total. The summed E-state index contributed by atoms with van der Waals surface area (Å²) in [6.45, 7) is 0. The highest BCUT2D eigenvalue weighted by molar-refractivity contribution is 6.10. The van der Waals surface area contributed by atoms with Crippen molar-refractivity contribution in [3.63, 3.8) is 0 Å². The molecule has 0 radical (unpaired) electrons. The van der Waals surface area contributed by atoms with Crippen LogP contribution in [-0.4, -0.2) is 12.9 Å². The van der Waals surface area contributed by atoms with Gasteiger partial charge in [-0.15, -0.1) is 0 Å². The molecule has 0 heterocycles. The number of carbonyl (C=O) groups excluding carboxylic acids is 1. The maximum Gasteiger partial charge on any atom is 0.192 e. The molecule has 0 fully saturated rings. The predicted octanol–water partition coefficient (Wildman–Crippen LogP) is 2.35. The standard InChI is InChI=1S/C12H12O2/c1-14-8-10-7-6-9-4-2-3-5-11(9)12(10)13/h2-5,8H,6-7H2,1H3/b10-8-.